The first-order valence-corrected chi connectivity index (χ1v) is 12.6. The van der Waals surface area contributed by atoms with Crippen LogP contribution in [0.3, 0.4) is 0 Å². The average Bonchev–Trinajstić information content (AvgIpc) is 2.90. The molecule has 0 aliphatic carbocycles. The van der Waals surface area contributed by atoms with Gasteiger partial charge in [0, 0.05) is 13.8 Å². The number of ether oxygens (including phenoxy) is 5. The molecular weight excluding hydrogens is 548 g/mol. The molecule has 2 amide bonds. The summed E-state index contributed by atoms with van der Waals surface area (Å²) < 4.78 is 27.3. The topological polar surface area (TPSA) is 286 Å². The molecule has 18 nitrogen and oxygen atoms in total. The molecule has 3 fully saturated rings. The molecule has 11 N–H and O–H groups in total. The Morgan fingerprint density at radius 3 is 1.60 bits per heavy atom. The number of carbonyl (C=O) groups is 2. The molecule has 0 aromatic rings. The van der Waals surface area contributed by atoms with Gasteiger partial charge in [0.25, 0.3) is 0 Å². The van der Waals surface area contributed by atoms with Crippen LogP contribution < -0.4 is 10.6 Å². The Labute approximate surface area is 228 Å². The lowest BCUT2D eigenvalue weighted by molar-refractivity contribution is -0.348. The fourth-order valence-corrected chi connectivity index (χ4v) is 4.76. The first-order valence-electron chi connectivity index (χ1n) is 12.6. The minimum Gasteiger partial charge on any atom is -0.394 e. The molecule has 3 aliphatic rings. The summed E-state index contributed by atoms with van der Waals surface area (Å²) >= 11 is 0. The van der Waals surface area contributed by atoms with Crippen molar-refractivity contribution in [1.82, 2.24) is 10.6 Å². The van der Waals surface area contributed by atoms with Crippen molar-refractivity contribution in [3.8, 4) is 0 Å². The first kappa shape index (κ1) is 32.9. The van der Waals surface area contributed by atoms with Crippen LogP contribution in [0.1, 0.15) is 13.8 Å². The molecule has 0 aromatic carbocycles. The quantitative estimate of drug-likeness (QED) is 0.120. The number of aliphatic hydroxyl groups excluding tert-OH is 9. The monoisotopic (exact) mass is 586 g/mol. The highest BCUT2D eigenvalue weighted by Crippen LogP contribution is 2.30. The Morgan fingerprint density at radius 2 is 1.12 bits per heavy atom. The average molecular weight is 587 g/mol. The number of rotatable bonds is 9. The van der Waals surface area contributed by atoms with Crippen LogP contribution in [0.5, 0.6) is 0 Å². The standard InChI is InChI=1S/C22H38N2O16/c1-6(27)23-11-16(32)13(29)8(3-25)38-21(11)36-5-10-15(31)19(18(34)20(35)37-10)40-22-12(24-7(2)28)17(33)14(30)9(4-26)39-22/h8-22,25-26,29-35H,3-5H2,1-2H3,(H,23,27)(H,24,28)/t8-,9-,10-,11-,12-,13-,14-,15-,16-,17-,18+,19+,20?,21-,22+/m1/s1. The van der Waals surface area contributed by atoms with E-state index < -0.39 is 124 Å². The molecule has 3 rings (SSSR count). The molecule has 3 aliphatic heterocycles. The molecular formula is C22H38N2O16. The lowest BCUT2D eigenvalue weighted by Gasteiger charge is -2.47. The van der Waals surface area contributed by atoms with Gasteiger partial charge in [-0.2, -0.15) is 0 Å². The van der Waals surface area contributed by atoms with Crippen LogP contribution in [0, 0.1) is 0 Å². The van der Waals surface area contributed by atoms with Gasteiger partial charge in [0.2, 0.25) is 11.8 Å². The highest BCUT2D eigenvalue weighted by atomic mass is 16.7. The van der Waals surface area contributed by atoms with Crippen molar-refractivity contribution in [3.63, 3.8) is 0 Å². The predicted molar refractivity (Wildman–Crippen MR) is 124 cm³/mol. The Morgan fingerprint density at radius 1 is 0.650 bits per heavy atom. The van der Waals surface area contributed by atoms with E-state index in [1.807, 2.05) is 0 Å². The van der Waals surface area contributed by atoms with Crippen LogP contribution in [-0.2, 0) is 33.3 Å². The number of amides is 2. The summed E-state index contributed by atoms with van der Waals surface area (Å²) in [6.07, 6.45) is -21.0. The number of carbonyl (C=O) groups excluding carboxylic acids is 2. The number of hydrogen-bond acceptors (Lipinski definition) is 16. The second kappa shape index (κ2) is 14.0. The minimum absolute atomic E-state index is 0.603. The molecule has 0 bridgehead atoms. The van der Waals surface area contributed by atoms with Crippen LogP contribution in [0.4, 0.5) is 0 Å². The van der Waals surface area contributed by atoms with Crippen molar-refractivity contribution in [1.29, 1.82) is 0 Å². The third kappa shape index (κ3) is 7.23. The number of hydrogen-bond donors (Lipinski definition) is 11. The van der Waals surface area contributed by atoms with Crippen LogP contribution in [0.2, 0.25) is 0 Å². The van der Waals surface area contributed by atoms with Crippen molar-refractivity contribution < 1.29 is 79.2 Å². The summed E-state index contributed by atoms with van der Waals surface area (Å²) in [6.45, 7) is 0.187. The largest absolute Gasteiger partial charge is 0.394 e. The normalized spacial score (nSPS) is 46.0. The molecule has 3 saturated heterocycles. The van der Waals surface area contributed by atoms with Crippen LogP contribution in [-0.4, -0.2) is 170 Å². The summed E-state index contributed by atoms with van der Waals surface area (Å²) in [5.41, 5.74) is 0. The van der Waals surface area contributed by atoms with E-state index in [0.717, 1.165) is 13.8 Å². The number of nitrogens with one attached hydrogen (secondary N) is 2. The smallest absolute Gasteiger partial charge is 0.217 e. The third-order valence-electron chi connectivity index (χ3n) is 6.88. The second-order valence-corrected chi connectivity index (χ2v) is 9.85. The molecule has 18 heteroatoms. The molecule has 40 heavy (non-hydrogen) atoms. The van der Waals surface area contributed by atoms with Gasteiger partial charge >= 0.3 is 0 Å². The van der Waals surface area contributed by atoms with Gasteiger partial charge < -0.3 is 80.3 Å². The van der Waals surface area contributed by atoms with Crippen LogP contribution in [0.25, 0.3) is 0 Å². The maximum absolute atomic E-state index is 11.7. The maximum Gasteiger partial charge on any atom is 0.217 e. The van der Waals surface area contributed by atoms with E-state index in [0.29, 0.717) is 0 Å². The van der Waals surface area contributed by atoms with E-state index in [-0.39, 0.29) is 0 Å². The first-order chi connectivity index (χ1) is 18.8. The molecule has 15 atom stereocenters. The molecule has 0 aromatic heterocycles. The Hall–Kier alpha value is -1.62. The summed E-state index contributed by atoms with van der Waals surface area (Å²) in [4.78, 5) is 23.3. The van der Waals surface area contributed by atoms with Gasteiger partial charge in [-0.15, -0.1) is 0 Å². The van der Waals surface area contributed by atoms with Crippen molar-refractivity contribution in [2.45, 2.75) is 106 Å². The van der Waals surface area contributed by atoms with Crippen molar-refractivity contribution in [2.24, 2.45) is 0 Å². The number of aliphatic hydroxyl groups is 9. The van der Waals surface area contributed by atoms with Crippen molar-refractivity contribution in [3.05, 3.63) is 0 Å². The highest BCUT2D eigenvalue weighted by Gasteiger charge is 2.52. The van der Waals surface area contributed by atoms with Gasteiger partial charge in [-0.05, 0) is 0 Å². The fourth-order valence-electron chi connectivity index (χ4n) is 4.76. The maximum atomic E-state index is 11.7. The SMILES string of the molecule is CC(=O)N[C@H]1[C@H](OC[C@H]2OC(O)[C@@H](O)[C@@H](O[C@@H]3O[C@H](CO)[C@@H](O)[C@H](O)[C@H]3NC(C)=O)[C@@H]2O)O[C@H](CO)[C@@H](O)[C@@H]1O. The van der Waals surface area contributed by atoms with E-state index in [1.165, 1.54) is 0 Å². The van der Waals surface area contributed by atoms with Crippen LogP contribution in [0.15, 0.2) is 0 Å². The third-order valence-corrected chi connectivity index (χ3v) is 6.88. The van der Waals surface area contributed by atoms with E-state index >= 15 is 0 Å². The van der Waals surface area contributed by atoms with E-state index in [4.69, 9.17) is 23.7 Å². The summed E-state index contributed by atoms with van der Waals surface area (Å²) in [6, 6.07) is -2.72. The molecule has 0 saturated carbocycles. The summed E-state index contributed by atoms with van der Waals surface area (Å²) in [7, 11) is 0. The molecule has 0 radical (unpaired) electrons. The van der Waals surface area contributed by atoms with Crippen LogP contribution >= 0.6 is 0 Å². The van der Waals surface area contributed by atoms with Crippen molar-refractivity contribution >= 4 is 11.8 Å². The molecule has 0 spiro atoms. The lowest BCUT2D eigenvalue weighted by Crippen LogP contribution is -2.68. The van der Waals surface area contributed by atoms with Gasteiger partial charge in [-0.3, -0.25) is 9.59 Å². The minimum atomic E-state index is -1.95. The lowest BCUT2D eigenvalue weighted by atomic mass is 9.95. The van der Waals surface area contributed by atoms with E-state index in [2.05, 4.69) is 10.6 Å². The van der Waals surface area contributed by atoms with Gasteiger partial charge in [-0.1, -0.05) is 0 Å². The zero-order chi connectivity index (χ0) is 29.9. The van der Waals surface area contributed by atoms with Crippen molar-refractivity contribution in [2.75, 3.05) is 19.8 Å². The second-order valence-electron chi connectivity index (χ2n) is 9.85. The molecule has 3 heterocycles. The van der Waals surface area contributed by atoms with E-state index in [1.54, 1.807) is 0 Å². The zero-order valence-corrected chi connectivity index (χ0v) is 21.7. The molecule has 1 unspecified atom stereocenters. The van der Waals surface area contributed by atoms with Gasteiger partial charge in [-0.25, -0.2) is 0 Å². The highest BCUT2D eigenvalue weighted by molar-refractivity contribution is 5.73. The Bertz CT molecular complexity index is 854. The van der Waals surface area contributed by atoms with Gasteiger partial charge in [0.15, 0.2) is 18.9 Å². The fraction of sp³-hybridized carbons (Fsp3) is 0.909. The Kier molecular flexibility index (Phi) is 11.5. The summed E-state index contributed by atoms with van der Waals surface area (Å²) in [5.74, 6) is -1.25. The van der Waals surface area contributed by atoms with Gasteiger partial charge in [0.05, 0.1) is 19.8 Å². The molecule has 232 valence electrons. The Balaban J connectivity index is 1.75. The van der Waals surface area contributed by atoms with Gasteiger partial charge in [0.1, 0.15) is 73.1 Å². The van der Waals surface area contributed by atoms with E-state index in [9.17, 15) is 55.5 Å². The zero-order valence-electron chi connectivity index (χ0n) is 21.7. The summed E-state index contributed by atoms with van der Waals surface area (Å²) in [5, 5.41) is 96.5. The predicted octanol–water partition coefficient (Wildman–Crippen LogP) is -7.29.